The lowest BCUT2D eigenvalue weighted by Gasteiger charge is -2.37. The lowest BCUT2D eigenvalue weighted by molar-refractivity contribution is -0.270. The first kappa shape index (κ1) is 33.3. The SMILES string of the molecule is C=CCOCC(O)COC(C)COCC1CC(O)C(OCC(C)OCC(O)COCCCC)[C@H](O)O1. The molecule has 11 heteroatoms. The predicted octanol–water partition coefficient (Wildman–Crippen LogP) is 0.408. The molecule has 0 spiro atoms. The number of hydrogen-bond donors (Lipinski definition) is 4. The number of ether oxygens (including phenoxy) is 7. The molecule has 0 amide bonds. The molecule has 0 saturated carbocycles. The third-order valence-corrected chi connectivity index (χ3v) is 5.32. The Morgan fingerprint density at radius 1 is 0.917 bits per heavy atom. The Hall–Kier alpha value is -0.700. The van der Waals surface area contributed by atoms with Gasteiger partial charge in [0.05, 0.1) is 77.3 Å². The van der Waals surface area contributed by atoms with E-state index in [0.717, 1.165) is 12.8 Å². The fraction of sp³-hybridized carbons (Fsp3) is 0.920. The van der Waals surface area contributed by atoms with Gasteiger partial charge in [-0.3, -0.25) is 0 Å². The van der Waals surface area contributed by atoms with Crippen molar-refractivity contribution in [3.05, 3.63) is 12.7 Å². The van der Waals surface area contributed by atoms with E-state index in [0.29, 0.717) is 13.2 Å². The van der Waals surface area contributed by atoms with Crippen LogP contribution in [0.5, 0.6) is 0 Å². The van der Waals surface area contributed by atoms with Crippen LogP contribution >= 0.6 is 0 Å². The van der Waals surface area contributed by atoms with E-state index in [1.54, 1.807) is 13.0 Å². The molecule has 1 heterocycles. The van der Waals surface area contributed by atoms with Gasteiger partial charge in [-0.2, -0.15) is 0 Å². The summed E-state index contributed by atoms with van der Waals surface area (Å²) in [6, 6.07) is 0. The Balaban J connectivity index is 2.19. The smallest absolute Gasteiger partial charge is 0.184 e. The molecule has 8 atom stereocenters. The topological polar surface area (TPSA) is 146 Å². The molecule has 1 aliphatic heterocycles. The number of rotatable bonds is 22. The molecule has 0 aromatic heterocycles. The van der Waals surface area contributed by atoms with Crippen molar-refractivity contribution in [1.82, 2.24) is 0 Å². The maximum absolute atomic E-state index is 10.4. The average molecular weight is 525 g/mol. The van der Waals surface area contributed by atoms with E-state index in [1.165, 1.54) is 0 Å². The number of aliphatic hydroxyl groups excluding tert-OH is 4. The minimum atomic E-state index is -1.31. The molecule has 0 aromatic carbocycles. The fourth-order valence-electron chi connectivity index (χ4n) is 3.33. The lowest BCUT2D eigenvalue weighted by Crippen LogP contribution is -2.51. The van der Waals surface area contributed by atoms with Gasteiger partial charge in [-0.1, -0.05) is 19.4 Å². The van der Waals surface area contributed by atoms with Crippen LogP contribution < -0.4 is 0 Å². The molecule has 1 rings (SSSR count). The second-order valence-electron chi connectivity index (χ2n) is 9.14. The van der Waals surface area contributed by atoms with E-state index >= 15 is 0 Å². The highest BCUT2D eigenvalue weighted by Gasteiger charge is 2.38. The molecule has 4 N–H and O–H groups in total. The van der Waals surface area contributed by atoms with Gasteiger partial charge < -0.3 is 53.6 Å². The van der Waals surface area contributed by atoms with Gasteiger partial charge in [-0.05, 0) is 20.3 Å². The zero-order valence-electron chi connectivity index (χ0n) is 22.0. The zero-order valence-corrected chi connectivity index (χ0v) is 22.0. The molecular weight excluding hydrogens is 476 g/mol. The normalized spacial score (nSPS) is 25.9. The lowest BCUT2D eigenvalue weighted by atomic mass is 10.0. The molecule has 0 bridgehead atoms. The Bertz CT molecular complexity index is 526. The van der Waals surface area contributed by atoms with Gasteiger partial charge in [0, 0.05) is 13.0 Å². The molecule has 0 radical (unpaired) electrons. The molecule has 1 aliphatic rings. The van der Waals surface area contributed by atoms with Crippen molar-refractivity contribution >= 4 is 0 Å². The average Bonchev–Trinajstić information content (AvgIpc) is 2.83. The van der Waals surface area contributed by atoms with Crippen LogP contribution in [0.15, 0.2) is 12.7 Å². The van der Waals surface area contributed by atoms with Crippen molar-refractivity contribution in [2.45, 2.75) is 89.1 Å². The Morgan fingerprint density at radius 2 is 1.56 bits per heavy atom. The van der Waals surface area contributed by atoms with E-state index in [9.17, 15) is 20.4 Å². The molecule has 7 unspecified atom stereocenters. The number of hydrogen-bond acceptors (Lipinski definition) is 11. The fourth-order valence-corrected chi connectivity index (χ4v) is 3.33. The van der Waals surface area contributed by atoms with Gasteiger partial charge in [0.1, 0.15) is 18.3 Å². The summed E-state index contributed by atoms with van der Waals surface area (Å²) >= 11 is 0. The van der Waals surface area contributed by atoms with Crippen LogP contribution in [-0.4, -0.2) is 129 Å². The molecule has 0 aliphatic carbocycles. The number of unbranched alkanes of at least 4 members (excludes halogenated alkanes) is 1. The van der Waals surface area contributed by atoms with Gasteiger partial charge in [0.15, 0.2) is 6.29 Å². The molecule has 1 saturated heterocycles. The first-order valence-electron chi connectivity index (χ1n) is 12.8. The van der Waals surface area contributed by atoms with Crippen LogP contribution in [-0.2, 0) is 33.2 Å². The third-order valence-electron chi connectivity index (χ3n) is 5.32. The van der Waals surface area contributed by atoms with Gasteiger partial charge in [0.25, 0.3) is 0 Å². The molecule has 1 fully saturated rings. The highest BCUT2D eigenvalue weighted by Crippen LogP contribution is 2.22. The van der Waals surface area contributed by atoms with E-state index in [4.69, 9.17) is 33.2 Å². The highest BCUT2D eigenvalue weighted by atomic mass is 16.7. The summed E-state index contributed by atoms with van der Waals surface area (Å²) in [6.45, 7) is 11.3. The van der Waals surface area contributed by atoms with Gasteiger partial charge in [-0.15, -0.1) is 6.58 Å². The van der Waals surface area contributed by atoms with E-state index in [1.807, 2.05) is 6.92 Å². The largest absolute Gasteiger partial charge is 0.390 e. The van der Waals surface area contributed by atoms with E-state index < -0.39 is 36.8 Å². The predicted molar refractivity (Wildman–Crippen MR) is 132 cm³/mol. The maximum Gasteiger partial charge on any atom is 0.184 e. The monoisotopic (exact) mass is 524 g/mol. The van der Waals surface area contributed by atoms with Crippen molar-refractivity contribution in [2.24, 2.45) is 0 Å². The first-order valence-corrected chi connectivity index (χ1v) is 12.8. The summed E-state index contributed by atoms with van der Waals surface area (Å²) < 4.78 is 38.4. The van der Waals surface area contributed by atoms with Crippen LogP contribution in [0.1, 0.15) is 40.0 Å². The Kier molecular flexibility index (Phi) is 18.8. The minimum absolute atomic E-state index is 0.104. The summed E-state index contributed by atoms with van der Waals surface area (Å²) in [5.74, 6) is 0. The van der Waals surface area contributed by atoms with Crippen LogP contribution in [0.4, 0.5) is 0 Å². The van der Waals surface area contributed by atoms with Crippen molar-refractivity contribution in [3.63, 3.8) is 0 Å². The zero-order chi connectivity index (χ0) is 26.8. The van der Waals surface area contributed by atoms with Crippen LogP contribution in [0.2, 0.25) is 0 Å². The molecular formula is C25H48O11. The molecule has 36 heavy (non-hydrogen) atoms. The van der Waals surface area contributed by atoms with Crippen molar-refractivity contribution < 1.29 is 53.6 Å². The van der Waals surface area contributed by atoms with Gasteiger partial charge in [-0.25, -0.2) is 0 Å². The van der Waals surface area contributed by atoms with Crippen LogP contribution in [0.3, 0.4) is 0 Å². The number of aliphatic hydroxyl groups is 4. The molecule has 214 valence electrons. The highest BCUT2D eigenvalue weighted by molar-refractivity contribution is 4.82. The van der Waals surface area contributed by atoms with Crippen LogP contribution in [0, 0.1) is 0 Å². The molecule has 11 nitrogen and oxygen atoms in total. The van der Waals surface area contributed by atoms with Gasteiger partial charge >= 0.3 is 0 Å². The summed E-state index contributed by atoms with van der Waals surface area (Å²) in [6.07, 6.45) is -1.94. The third kappa shape index (κ3) is 15.5. The first-order chi connectivity index (χ1) is 17.3. The summed E-state index contributed by atoms with van der Waals surface area (Å²) in [5.41, 5.74) is 0. The summed E-state index contributed by atoms with van der Waals surface area (Å²) in [7, 11) is 0. The molecule has 0 aromatic rings. The van der Waals surface area contributed by atoms with Crippen LogP contribution in [0.25, 0.3) is 0 Å². The Morgan fingerprint density at radius 3 is 2.17 bits per heavy atom. The maximum atomic E-state index is 10.4. The minimum Gasteiger partial charge on any atom is -0.390 e. The second-order valence-corrected chi connectivity index (χ2v) is 9.14. The van der Waals surface area contributed by atoms with Crippen molar-refractivity contribution in [3.8, 4) is 0 Å². The van der Waals surface area contributed by atoms with E-state index in [2.05, 4.69) is 13.5 Å². The van der Waals surface area contributed by atoms with Gasteiger partial charge in [0.2, 0.25) is 0 Å². The van der Waals surface area contributed by atoms with Crippen molar-refractivity contribution in [2.75, 3.05) is 59.5 Å². The second kappa shape index (κ2) is 20.3. The summed E-state index contributed by atoms with van der Waals surface area (Å²) in [5, 5.41) is 40.4. The quantitative estimate of drug-likeness (QED) is 0.115. The van der Waals surface area contributed by atoms with Crippen molar-refractivity contribution in [1.29, 1.82) is 0 Å². The Labute approximate surface area is 215 Å². The van der Waals surface area contributed by atoms with E-state index in [-0.39, 0.29) is 64.9 Å². The summed E-state index contributed by atoms with van der Waals surface area (Å²) in [4.78, 5) is 0. The standard InChI is InChI=1S/C25H48O11/c1-5-7-9-31-14-21(27)16-34-19(4)12-35-24-23(28)10-22(36-25(24)29)17-32-11-18(3)33-15-20(26)13-30-8-6-2/h6,18-29H,2,5,7-17H2,1,3-4H3/t18?,19?,20?,21?,22?,23?,24?,25-/m1/s1.